The normalized spacial score (nSPS) is 16.3. The van der Waals surface area contributed by atoms with E-state index in [1.54, 1.807) is 0 Å². The molecule has 64 valence electrons. The standard InChI is InChI=1S/C12H16/c1-3-5-8-12-10-7-6-9-11(12)4-2/h2,7,10H,3,5-6,8-9H2,1H3. The second-order valence-corrected chi connectivity index (χ2v) is 3.19. The number of hydrogen-bond acceptors (Lipinski definition) is 0. The second kappa shape index (κ2) is 4.83. The number of allylic oxidation sites excluding steroid dienone is 4. The molecule has 0 spiro atoms. The summed E-state index contributed by atoms with van der Waals surface area (Å²) in [6.07, 6.45) is 15.7. The van der Waals surface area contributed by atoms with E-state index in [4.69, 9.17) is 6.42 Å². The van der Waals surface area contributed by atoms with Crippen LogP contribution >= 0.6 is 0 Å². The summed E-state index contributed by atoms with van der Waals surface area (Å²) in [5, 5.41) is 0. The van der Waals surface area contributed by atoms with Crippen LogP contribution in [-0.2, 0) is 0 Å². The molecule has 0 aromatic rings. The van der Waals surface area contributed by atoms with E-state index in [9.17, 15) is 0 Å². The summed E-state index contributed by atoms with van der Waals surface area (Å²) in [6.45, 7) is 2.21. The van der Waals surface area contributed by atoms with Gasteiger partial charge in [-0.3, -0.25) is 0 Å². The van der Waals surface area contributed by atoms with Crippen molar-refractivity contribution in [2.75, 3.05) is 0 Å². The third kappa shape index (κ3) is 2.27. The van der Waals surface area contributed by atoms with Crippen molar-refractivity contribution in [1.82, 2.24) is 0 Å². The Labute approximate surface area is 75.4 Å². The van der Waals surface area contributed by atoms with Gasteiger partial charge in [-0.2, -0.15) is 0 Å². The molecule has 0 N–H and O–H groups in total. The fraction of sp³-hybridized carbons (Fsp3) is 0.500. The zero-order chi connectivity index (χ0) is 8.81. The van der Waals surface area contributed by atoms with Crippen molar-refractivity contribution in [1.29, 1.82) is 0 Å². The SMILES string of the molecule is C#CC1=C(CCCC)C=CCC1. The van der Waals surface area contributed by atoms with Crippen LogP contribution < -0.4 is 0 Å². The molecular formula is C12H16. The first-order valence-corrected chi connectivity index (χ1v) is 4.73. The summed E-state index contributed by atoms with van der Waals surface area (Å²) in [4.78, 5) is 0. The molecule has 0 unspecified atom stereocenters. The molecule has 0 aromatic heterocycles. The van der Waals surface area contributed by atoms with E-state index in [2.05, 4.69) is 25.0 Å². The van der Waals surface area contributed by atoms with Crippen LogP contribution in [0.3, 0.4) is 0 Å². The minimum atomic E-state index is 1.08. The van der Waals surface area contributed by atoms with Gasteiger partial charge in [0.05, 0.1) is 0 Å². The highest BCUT2D eigenvalue weighted by molar-refractivity contribution is 5.39. The Hall–Kier alpha value is -0.960. The molecule has 1 rings (SSSR count). The Morgan fingerprint density at radius 1 is 1.58 bits per heavy atom. The second-order valence-electron chi connectivity index (χ2n) is 3.19. The van der Waals surface area contributed by atoms with Gasteiger partial charge in [0.15, 0.2) is 0 Å². The molecular weight excluding hydrogens is 144 g/mol. The molecule has 0 radical (unpaired) electrons. The zero-order valence-electron chi connectivity index (χ0n) is 7.77. The maximum Gasteiger partial charge on any atom is 0.00525 e. The molecule has 0 heteroatoms. The fourth-order valence-electron chi connectivity index (χ4n) is 1.48. The Morgan fingerprint density at radius 2 is 2.42 bits per heavy atom. The van der Waals surface area contributed by atoms with Crippen LogP contribution in [0.25, 0.3) is 0 Å². The highest BCUT2D eigenvalue weighted by Gasteiger charge is 2.04. The quantitative estimate of drug-likeness (QED) is 0.555. The summed E-state index contributed by atoms with van der Waals surface area (Å²) in [5.41, 5.74) is 2.62. The predicted molar refractivity (Wildman–Crippen MR) is 53.8 cm³/mol. The molecule has 0 saturated heterocycles. The van der Waals surface area contributed by atoms with Gasteiger partial charge in [-0.15, -0.1) is 6.42 Å². The lowest BCUT2D eigenvalue weighted by atomic mass is 9.94. The molecule has 0 amide bonds. The lowest BCUT2D eigenvalue weighted by molar-refractivity contribution is 0.783. The van der Waals surface area contributed by atoms with Crippen LogP contribution in [0.1, 0.15) is 39.0 Å². The van der Waals surface area contributed by atoms with Gasteiger partial charge in [-0.05, 0) is 31.3 Å². The van der Waals surface area contributed by atoms with E-state index in [-0.39, 0.29) is 0 Å². The molecule has 0 nitrogen and oxygen atoms in total. The molecule has 0 bridgehead atoms. The van der Waals surface area contributed by atoms with Gasteiger partial charge in [-0.25, -0.2) is 0 Å². The van der Waals surface area contributed by atoms with E-state index in [0.29, 0.717) is 0 Å². The van der Waals surface area contributed by atoms with Crippen molar-refractivity contribution in [3.63, 3.8) is 0 Å². The smallest absolute Gasteiger partial charge is 0.00525 e. The summed E-state index contributed by atoms with van der Waals surface area (Å²) < 4.78 is 0. The van der Waals surface area contributed by atoms with E-state index in [0.717, 1.165) is 19.3 Å². The van der Waals surface area contributed by atoms with Gasteiger partial charge < -0.3 is 0 Å². The molecule has 0 fully saturated rings. The van der Waals surface area contributed by atoms with Crippen LogP contribution in [0.15, 0.2) is 23.3 Å². The first-order chi connectivity index (χ1) is 5.88. The lowest BCUT2D eigenvalue weighted by Gasteiger charge is -2.10. The van der Waals surface area contributed by atoms with E-state index >= 15 is 0 Å². The van der Waals surface area contributed by atoms with Gasteiger partial charge in [0, 0.05) is 5.57 Å². The van der Waals surface area contributed by atoms with Gasteiger partial charge in [0.2, 0.25) is 0 Å². The highest BCUT2D eigenvalue weighted by atomic mass is 14.1. The molecule has 0 saturated carbocycles. The molecule has 1 aliphatic carbocycles. The minimum absolute atomic E-state index is 1.08. The Bertz CT molecular complexity index is 235. The topological polar surface area (TPSA) is 0 Å². The van der Waals surface area contributed by atoms with Gasteiger partial charge >= 0.3 is 0 Å². The van der Waals surface area contributed by atoms with Crippen molar-refractivity contribution >= 4 is 0 Å². The lowest BCUT2D eigenvalue weighted by Crippen LogP contribution is -1.93. The largest absolute Gasteiger partial charge is 0.115 e. The van der Waals surface area contributed by atoms with Crippen molar-refractivity contribution in [2.24, 2.45) is 0 Å². The molecule has 0 heterocycles. The van der Waals surface area contributed by atoms with E-state index in [1.807, 2.05) is 0 Å². The zero-order valence-corrected chi connectivity index (χ0v) is 7.77. The van der Waals surface area contributed by atoms with Crippen LogP contribution in [-0.4, -0.2) is 0 Å². The fourth-order valence-corrected chi connectivity index (χ4v) is 1.48. The maximum absolute atomic E-state index is 5.42. The third-order valence-electron chi connectivity index (χ3n) is 2.24. The van der Waals surface area contributed by atoms with Crippen molar-refractivity contribution in [2.45, 2.75) is 39.0 Å². The Kier molecular flexibility index (Phi) is 3.67. The predicted octanol–water partition coefficient (Wildman–Crippen LogP) is 3.46. The first kappa shape index (κ1) is 9.13. The van der Waals surface area contributed by atoms with Gasteiger partial charge in [-0.1, -0.05) is 31.4 Å². The summed E-state index contributed by atoms with van der Waals surface area (Å²) in [6, 6.07) is 0. The molecule has 12 heavy (non-hydrogen) atoms. The summed E-state index contributed by atoms with van der Waals surface area (Å²) in [7, 11) is 0. The molecule has 0 aromatic carbocycles. The summed E-state index contributed by atoms with van der Waals surface area (Å²) in [5.74, 6) is 2.79. The van der Waals surface area contributed by atoms with E-state index < -0.39 is 0 Å². The number of hydrogen-bond donors (Lipinski definition) is 0. The van der Waals surface area contributed by atoms with Gasteiger partial charge in [0.25, 0.3) is 0 Å². The third-order valence-corrected chi connectivity index (χ3v) is 2.24. The van der Waals surface area contributed by atoms with Crippen LogP contribution in [0, 0.1) is 12.3 Å². The van der Waals surface area contributed by atoms with E-state index in [1.165, 1.54) is 24.0 Å². The van der Waals surface area contributed by atoms with Crippen LogP contribution in [0.2, 0.25) is 0 Å². The van der Waals surface area contributed by atoms with Crippen molar-refractivity contribution < 1.29 is 0 Å². The monoisotopic (exact) mass is 160 g/mol. The van der Waals surface area contributed by atoms with Crippen LogP contribution in [0.5, 0.6) is 0 Å². The number of rotatable bonds is 3. The number of unbranched alkanes of at least 4 members (excludes halogenated alkanes) is 1. The molecule has 0 aliphatic heterocycles. The van der Waals surface area contributed by atoms with Crippen molar-refractivity contribution in [3.05, 3.63) is 23.3 Å². The van der Waals surface area contributed by atoms with Gasteiger partial charge in [0.1, 0.15) is 0 Å². The Balaban J connectivity index is 2.63. The highest BCUT2D eigenvalue weighted by Crippen LogP contribution is 2.22. The number of terminal acetylenes is 1. The minimum Gasteiger partial charge on any atom is -0.115 e. The average Bonchev–Trinajstić information content (AvgIpc) is 2.15. The van der Waals surface area contributed by atoms with Crippen molar-refractivity contribution in [3.8, 4) is 12.3 Å². The molecule has 0 atom stereocenters. The van der Waals surface area contributed by atoms with Crippen LogP contribution in [0.4, 0.5) is 0 Å². The first-order valence-electron chi connectivity index (χ1n) is 4.73. The summed E-state index contributed by atoms with van der Waals surface area (Å²) >= 11 is 0. The molecule has 1 aliphatic rings. The maximum atomic E-state index is 5.42. The Morgan fingerprint density at radius 3 is 3.08 bits per heavy atom. The average molecular weight is 160 g/mol.